The second-order valence-electron chi connectivity index (χ2n) is 4.16. The minimum absolute atomic E-state index is 0.0662. The van der Waals surface area contributed by atoms with Gasteiger partial charge in [-0.2, -0.15) is 0 Å². The predicted octanol–water partition coefficient (Wildman–Crippen LogP) is 2.64. The largest absolute Gasteiger partial charge is 0.349 e. The van der Waals surface area contributed by atoms with Crippen LogP contribution in [0.2, 0.25) is 0 Å². The van der Waals surface area contributed by atoms with Crippen molar-refractivity contribution in [2.75, 3.05) is 6.54 Å². The fraction of sp³-hybridized carbons (Fsp3) is 0.154. The van der Waals surface area contributed by atoms with Gasteiger partial charge in [0, 0.05) is 28.4 Å². The number of nitrogens with one attached hydrogen (secondary N) is 1. The van der Waals surface area contributed by atoms with Gasteiger partial charge in [-0.1, -0.05) is 12.1 Å². The molecule has 0 spiro atoms. The number of halogens is 2. The van der Waals surface area contributed by atoms with E-state index in [-0.39, 0.29) is 11.7 Å². The summed E-state index contributed by atoms with van der Waals surface area (Å²) < 4.78 is 15.9. The zero-order valence-electron chi connectivity index (χ0n) is 9.41. The molecule has 3 rings (SSSR count). The molecule has 0 saturated heterocycles. The first kappa shape index (κ1) is 11.7. The second-order valence-corrected chi connectivity index (χ2v) is 5.32. The molecule has 1 aliphatic heterocycles. The molecule has 0 fully saturated rings. The lowest BCUT2D eigenvalue weighted by Gasteiger charge is -2.17. The molecule has 0 saturated carbocycles. The summed E-state index contributed by atoms with van der Waals surface area (Å²) in [6.45, 7) is 1.43. The van der Waals surface area contributed by atoms with Crippen LogP contribution in [0.5, 0.6) is 0 Å². The van der Waals surface area contributed by atoms with Crippen molar-refractivity contribution in [3.8, 4) is 11.1 Å². The van der Waals surface area contributed by atoms with Gasteiger partial charge in [0.2, 0.25) is 0 Å². The molecule has 1 amide bonds. The molecule has 92 valence electrons. The van der Waals surface area contributed by atoms with Crippen molar-refractivity contribution in [2.24, 2.45) is 0 Å². The summed E-state index contributed by atoms with van der Waals surface area (Å²) in [4.78, 5) is 12.0. The molecule has 1 N–H and O–H groups in total. The third-order valence-corrected chi connectivity index (χ3v) is 3.84. The van der Waals surface area contributed by atoms with Crippen LogP contribution in [0.3, 0.4) is 0 Å². The summed E-state index contributed by atoms with van der Waals surface area (Å²) in [5, 5.41) is 2.84. The first-order valence-electron chi connectivity index (χ1n) is 5.59. The van der Waals surface area contributed by atoms with Gasteiger partial charge in [-0.25, -0.2) is 4.39 Å². The minimum atomic E-state index is -0.272. The Morgan fingerprint density at radius 2 is 2.00 bits per heavy atom. The van der Waals surface area contributed by atoms with Crippen LogP contribution in [0.1, 0.15) is 10.5 Å². The Kier molecular flexibility index (Phi) is 2.85. The Morgan fingerprint density at radius 1 is 1.28 bits per heavy atom. The summed E-state index contributed by atoms with van der Waals surface area (Å²) in [5.41, 5.74) is 2.41. The number of fused-ring (bicyclic) bond motifs is 1. The molecule has 1 aromatic heterocycles. The maximum atomic E-state index is 13.0. The normalized spacial score (nSPS) is 14.2. The molecule has 0 bridgehead atoms. The summed E-state index contributed by atoms with van der Waals surface area (Å²) >= 11 is 2.21. The first-order chi connectivity index (χ1) is 8.66. The van der Waals surface area contributed by atoms with E-state index in [1.54, 1.807) is 12.1 Å². The van der Waals surface area contributed by atoms with Crippen LogP contribution < -0.4 is 5.32 Å². The number of hydrogen-bond donors (Lipinski definition) is 1. The SMILES string of the molecule is O=C1NCCn2cc(I)c(-c3ccc(F)cc3)c21. The Labute approximate surface area is 117 Å². The highest BCUT2D eigenvalue weighted by Gasteiger charge is 2.24. The van der Waals surface area contributed by atoms with Crippen LogP contribution in [-0.4, -0.2) is 17.0 Å². The van der Waals surface area contributed by atoms with Crippen molar-refractivity contribution >= 4 is 28.5 Å². The van der Waals surface area contributed by atoms with Gasteiger partial charge in [0.1, 0.15) is 11.5 Å². The summed E-state index contributed by atoms with van der Waals surface area (Å²) in [6.07, 6.45) is 1.97. The van der Waals surface area contributed by atoms with Gasteiger partial charge in [0.15, 0.2) is 0 Å². The van der Waals surface area contributed by atoms with Crippen LogP contribution in [0, 0.1) is 9.39 Å². The van der Waals surface area contributed by atoms with Crippen LogP contribution in [-0.2, 0) is 6.54 Å². The highest BCUT2D eigenvalue weighted by Crippen LogP contribution is 2.31. The smallest absolute Gasteiger partial charge is 0.268 e. The molecule has 2 heterocycles. The number of carbonyl (C=O) groups excluding carboxylic acids is 1. The van der Waals surface area contributed by atoms with Gasteiger partial charge in [-0.3, -0.25) is 4.79 Å². The van der Waals surface area contributed by atoms with Crippen molar-refractivity contribution < 1.29 is 9.18 Å². The van der Waals surface area contributed by atoms with E-state index in [1.807, 2.05) is 10.8 Å². The number of carbonyl (C=O) groups is 1. The molecule has 18 heavy (non-hydrogen) atoms. The molecule has 0 radical (unpaired) electrons. The van der Waals surface area contributed by atoms with Gasteiger partial charge in [-0.05, 0) is 40.3 Å². The van der Waals surface area contributed by atoms with Gasteiger partial charge in [-0.15, -0.1) is 0 Å². The van der Waals surface area contributed by atoms with Crippen LogP contribution >= 0.6 is 22.6 Å². The van der Waals surface area contributed by atoms with Gasteiger partial charge in [0.25, 0.3) is 5.91 Å². The molecule has 1 aliphatic rings. The van der Waals surface area contributed by atoms with Gasteiger partial charge in [0.05, 0.1) is 0 Å². The molecule has 2 aromatic rings. The molecule has 3 nitrogen and oxygen atoms in total. The summed E-state index contributed by atoms with van der Waals surface area (Å²) in [7, 11) is 0. The molecular formula is C13H10FIN2O. The summed E-state index contributed by atoms with van der Waals surface area (Å²) in [6, 6.07) is 6.23. The topological polar surface area (TPSA) is 34.0 Å². The lowest BCUT2D eigenvalue weighted by Crippen LogP contribution is -2.35. The first-order valence-corrected chi connectivity index (χ1v) is 6.67. The number of nitrogens with zero attached hydrogens (tertiary/aromatic N) is 1. The molecular weight excluding hydrogens is 346 g/mol. The fourth-order valence-corrected chi connectivity index (χ4v) is 3.11. The molecule has 1 aromatic carbocycles. The van der Waals surface area contributed by atoms with Gasteiger partial charge < -0.3 is 9.88 Å². The Balaban J connectivity index is 2.20. The number of benzene rings is 1. The van der Waals surface area contributed by atoms with E-state index in [4.69, 9.17) is 0 Å². The lowest BCUT2D eigenvalue weighted by molar-refractivity contribution is 0.0929. The minimum Gasteiger partial charge on any atom is -0.349 e. The van der Waals surface area contributed by atoms with Crippen molar-refractivity contribution in [1.29, 1.82) is 0 Å². The number of amides is 1. The van der Waals surface area contributed by atoms with Crippen molar-refractivity contribution in [3.63, 3.8) is 0 Å². The Morgan fingerprint density at radius 3 is 2.72 bits per heavy atom. The Bertz CT molecular complexity index is 619. The van der Waals surface area contributed by atoms with E-state index in [0.717, 1.165) is 21.2 Å². The van der Waals surface area contributed by atoms with Gasteiger partial charge >= 0.3 is 0 Å². The van der Waals surface area contributed by atoms with E-state index in [9.17, 15) is 9.18 Å². The molecule has 0 aliphatic carbocycles. The number of aromatic nitrogens is 1. The molecule has 0 atom stereocenters. The van der Waals surface area contributed by atoms with Crippen molar-refractivity contribution in [3.05, 3.63) is 45.5 Å². The van der Waals surface area contributed by atoms with E-state index in [0.29, 0.717) is 12.2 Å². The second kappa shape index (κ2) is 4.38. The van der Waals surface area contributed by atoms with Crippen LogP contribution in [0.4, 0.5) is 4.39 Å². The maximum Gasteiger partial charge on any atom is 0.268 e. The summed E-state index contributed by atoms with van der Waals surface area (Å²) in [5.74, 6) is -0.338. The maximum absolute atomic E-state index is 13.0. The highest BCUT2D eigenvalue weighted by molar-refractivity contribution is 14.1. The zero-order valence-corrected chi connectivity index (χ0v) is 11.6. The average molecular weight is 356 g/mol. The number of rotatable bonds is 1. The highest BCUT2D eigenvalue weighted by atomic mass is 127. The van der Waals surface area contributed by atoms with Crippen molar-refractivity contribution in [2.45, 2.75) is 6.54 Å². The molecule has 5 heteroatoms. The zero-order chi connectivity index (χ0) is 12.7. The average Bonchev–Trinajstić information content (AvgIpc) is 2.68. The third-order valence-electron chi connectivity index (χ3n) is 3.02. The van der Waals surface area contributed by atoms with Crippen molar-refractivity contribution in [1.82, 2.24) is 9.88 Å². The number of hydrogen-bond acceptors (Lipinski definition) is 1. The lowest BCUT2D eigenvalue weighted by atomic mass is 10.1. The predicted molar refractivity (Wildman–Crippen MR) is 74.9 cm³/mol. The molecule has 0 unspecified atom stereocenters. The fourth-order valence-electron chi connectivity index (χ4n) is 2.21. The van der Waals surface area contributed by atoms with E-state index >= 15 is 0 Å². The van der Waals surface area contributed by atoms with Crippen LogP contribution in [0.15, 0.2) is 30.5 Å². The van der Waals surface area contributed by atoms with E-state index in [1.165, 1.54) is 12.1 Å². The Hall–Kier alpha value is -1.37. The third kappa shape index (κ3) is 1.82. The van der Waals surface area contributed by atoms with E-state index in [2.05, 4.69) is 27.9 Å². The monoisotopic (exact) mass is 356 g/mol. The van der Waals surface area contributed by atoms with Crippen LogP contribution in [0.25, 0.3) is 11.1 Å². The quantitative estimate of drug-likeness (QED) is 0.784. The van der Waals surface area contributed by atoms with E-state index < -0.39 is 0 Å². The standard InChI is InChI=1S/C13H10FIN2O/c14-9-3-1-8(2-4-9)11-10(15)7-17-6-5-16-13(18)12(11)17/h1-4,7H,5-6H2,(H,16,18).